The van der Waals surface area contributed by atoms with E-state index < -0.39 is 26.3 Å². The molecule has 0 bridgehead atoms. The van der Waals surface area contributed by atoms with Crippen molar-refractivity contribution in [2.75, 3.05) is 19.8 Å². The molecule has 0 aliphatic heterocycles. The van der Waals surface area contributed by atoms with Crippen LogP contribution in [0, 0.1) is 0 Å². The zero-order valence-electron chi connectivity index (χ0n) is 11.6. The molecule has 10 nitrogen and oxygen atoms in total. The molecular weight excluding hydrogens is 335 g/mol. The topological polar surface area (TPSA) is 124 Å². The number of phosphoric acid groups is 1. The Labute approximate surface area is 127 Å². The van der Waals surface area contributed by atoms with Crippen LogP contribution >= 0.6 is 20.2 Å². The van der Waals surface area contributed by atoms with Crippen molar-refractivity contribution in [3.8, 4) is 0 Å². The Morgan fingerprint density at radius 2 is 0.952 bits per heavy atom. The lowest BCUT2D eigenvalue weighted by atomic mass is 10.9. The number of ether oxygens (including phenoxy) is 3. The Balaban J connectivity index is 0. The SMILES string of the molecule is CCOC(=O)OP(=O)(OC(=O)OCC)OC(=O)OCC.Cl. The van der Waals surface area contributed by atoms with Crippen LogP contribution in [0.2, 0.25) is 0 Å². The molecule has 0 aromatic carbocycles. The molecule has 0 saturated carbocycles. The van der Waals surface area contributed by atoms with Gasteiger partial charge in [0.2, 0.25) is 0 Å². The molecule has 0 N–H and O–H groups in total. The van der Waals surface area contributed by atoms with Crippen molar-refractivity contribution < 1.29 is 46.7 Å². The Hall–Kier alpha value is -1.67. The minimum Gasteiger partial charge on any atom is -0.434 e. The Morgan fingerprint density at radius 3 is 1.14 bits per heavy atom. The average molecular weight is 351 g/mol. The normalized spacial score (nSPS) is 9.67. The van der Waals surface area contributed by atoms with Crippen LogP contribution < -0.4 is 0 Å². The summed E-state index contributed by atoms with van der Waals surface area (Å²) in [5.74, 6) is 0. The molecule has 0 saturated heterocycles. The van der Waals surface area contributed by atoms with E-state index in [9.17, 15) is 18.9 Å². The van der Waals surface area contributed by atoms with Gasteiger partial charge in [-0.15, -0.1) is 12.4 Å². The third kappa shape index (κ3) is 9.80. The third-order valence-corrected chi connectivity index (χ3v) is 2.46. The van der Waals surface area contributed by atoms with Gasteiger partial charge in [-0.25, -0.2) is 14.4 Å². The molecule has 0 radical (unpaired) electrons. The standard InChI is InChI=1S/C9H15O10P.ClH/c1-4-14-7(10)17-20(13,18-8(11)15-5-2)19-9(12)16-6-3;/h4-6H2,1-3H3;1H. The van der Waals surface area contributed by atoms with E-state index in [2.05, 4.69) is 27.8 Å². The number of hydrogen-bond acceptors (Lipinski definition) is 10. The van der Waals surface area contributed by atoms with Gasteiger partial charge >= 0.3 is 26.3 Å². The van der Waals surface area contributed by atoms with Gasteiger partial charge in [-0.1, -0.05) is 0 Å². The maximum absolute atomic E-state index is 11.9. The molecule has 0 aliphatic carbocycles. The monoisotopic (exact) mass is 350 g/mol. The first-order valence-electron chi connectivity index (χ1n) is 5.55. The maximum atomic E-state index is 11.9. The summed E-state index contributed by atoms with van der Waals surface area (Å²) < 4.78 is 37.4. The first kappa shape index (κ1) is 21.6. The van der Waals surface area contributed by atoms with Crippen LogP contribution in [0.5, 0.6) is 0 Å². The Morgan fingerprint density at radius 1 is 0.714 bits per heavy atom. The van der Waals surface area contributed by atoms with E-state index in [0.717, 1.165) is 0 Å². The fourth-order valence-electron chi connectivity index (χ4n) is 0.762. The van der Waals surface area contributed by atoms with Crippen LogP contribution in [-0.4, -0.2) is 38.3 Å². The fraction of sp³-hybridized carbons (Fsp3) is 0.667. The van der Waals surface area contributed by atoms with Gasteiger partial charge in [0, 0.05) is 0 Å². The largest absolute Gasteiger partial charge is 0.661 e. The lowest BCUT2D eigenvalue weighted by molar-refractivity contribution is 0.0520. The van der Waals surface area contributed by atoms with Crippen LogP contribution in [-0.2, 0) is 32.3 Å². The maximum Gasteiger partial charge on any atom is 0.661 e. The van der Waals surface area contributed by atoms with Gasteiger partial charge in [-0.05, 0) is 20.8 Å². The van der Waals surface area contributed by atoms with E-state index in [1.807, 2.05) is 0 Å². The van der Waals surface area contributed by atoms with E-state index in [-0.39, 0.29) is 32.2 Å². The number of phosphoric ester groups is 1. The van der Waals surface area contributed by atoms with Crippen molar-refractivity contribution in [1.29, 1.82) is 0 Å². The van der Waals surface area contributed by atoms with E-state index in [1.165, 1.54) is 20.8 Å². The lowest BCUT2D eigenvalue weighted by Crippen LogP contribution is -2.16. The van der Waals surface area contributed by atoms with Gasteiger partial charge in [-0.2, -0.15) is 4.57 Å². The number of rotatable bonds is 6. The van der Waals surface area contributed by atoms with Gasteiger partial charge in [-0.3, -0.25) is 0 Å². The molecule has 0 amide bonds. The number of halogens is 1. The predicted molar refractivity (Wildman–Crippen MR) is 69.2 cm³/mol. The van der Waals surface area contributed by atoms with Crippen molar-refractivity contribution in [1.82, 2.24) is 0 Å². The molecular formula is C9H16ClO10P. The second kappa shape index (κ2) is 11.0. The fourth-order valence-corrected chi connectivity index (χ4v) is 1.58. The summed E-state index contributed by atoms with van der Waals surface area (Å²) in [4.78, 5) is 33.2. The second-order valence-corrected chi connectivity index (χ2v) is 4.21. The van der Waals surface area contributed by atoms with Crippen molar-refractivity contribution in [2.24, 2.45) is 0 Å². The smallest absolute Gasteiger partial charge is 0.434 e. The minimum atomic E-state index is -4.90. The zero-order valence-corrected chi connectivity index (χ0v) is 13.3. The second-order valence-electron chi connectivity index (χ2n) is 2.77. The summed E-state index contributed by atoms with van der Waals surface area (Å²) in [7, 11) is -4.90. The van der Waals surface area contributed by atoms with Crippen molar-refractivity contribution in [2.45, 2.75) is 20.8 Å². The van der Waals surface area contributed by atoms with Crippen LogP contribution in [0.4, 0.5) is 14.4 Å². The molecule has 0 aliphatic rings. The first-order chi connectivity index (χ1) is 9.36. The van der Waals surface area contributed by atoms with Crippen LogP contribution in [0.15, 0.2) is 0 Å². The molecule has 0 aromatic rings. The van der Waals surface area contributed by atoms with Crippen molar-refractivity contribution >= 4 is 38.7 Å². The predicted octanol–water partition coefficient (Wildman–Crippen LogP) is 3.04. The highest BCUT2D eigenvalue weighted by molar-refractivity contribution is 7.50. The van der Waals surface area contributed by atoms with Crippen LogP contribution in [0.3, 0.4) is 0 Å². The highest BCUT2D eigenvalue weighted by Gasteiger charge is 2.41. The quantitative estimate of drug-likeness (QED) is 0.401. The molecule has 0 heterocycles. The highest BCUT2D eigenvalue weighted by Crippen LogP contribution is 2.50. The van der Waals surface area contributed by atoms with E-state index >= 15 is 0 Å². The molecule has 0 spiro atoms. The van der Waals surface area contributed by atoms with Gasteiger partial charge in [0.1, 0.15) is 0 Å². The van der Waals surface area contributed by atoms with Gasteiger partial charge < -0.3 is 27.8 Å². The van der Waals surface area contributed by atoms with E-state index in [4.69, 9.17) is 0 Å². The Kier molecular flexibility index (Phi) is 11.4. The summed E-state index contributed by atoms with van der Waals surface area (Å²) >= 11 is 0. The van der Waals surface area contributed by atoms with Gasteiger partial charge in [0.15, 0.2) is 0 Å². The van der Waals surface area contributed by atoms with Crippen molar-refractivity contribution in [3.63, 3.8) is 0 Å². The molecule has 124 valence electrons. The van der Waals surface area contributed by atoms with E-state index in [0.29, 0.717) is 0 Å². The van der Waals surface area contributed by atoms with Gasteiger partial charge in [0.25, 0.3) is 0 Å². The summed E-state index contributed by atoms with van der Waals surface area (Å²) in [5.41, 5.74) is 0. The average Bonchev–Trinajstić information content (AvgIpc) is 2.28. The summed E-state index contributed by atoms with van der Waals surface area (Å²) in [6, 6.07) is 0. The number of carbonyl (C=O) groups excluding carboxylic acids is 3. The van der Waals surface area contributed by atoms with E-state index in [1.54, 1.807) is 0 Å². The summed E-state index contributed by atoms with van der Waals surface area (Å²) in [6.07, 6.45) is -4.36. The summed E-state index contributed by atoms with van der Waals surface area (Å²) in [6.45, 7) is 4.05. The number of hydrogen-bond donors (Lipinski definition) is 0. The Bertz CT molecular complexity index is 341. The highest BCUT2D eigenvalue weighted by atomic mass is 35.5. The van der Waals surface area contributed by atoms with Crippen molar-refractivity contribution in [3.05, 3.63) is 0 Å². The third-order valence-electron chi connectivity index (χ3n) is 1.35. The van der Waals surface area contributed by atoms with Crippen LogP contribution in [0.25, 0.3) is 0 Å². The van der Waals surface area contributed by atoms with Crippen LogP contribution in [0.1, 0.15) is 20.8 Å². The molecule has 0 rings (SSSR count). The molecule has 0 atom stereocenters. The molecule has 12 heteroatoms. The summed E-state index contributed by atoms with van der Waals surface area (Å²) in [5, 5.41) is 0. The molecule has 21 heavy (non-hydrogen) atoms. The molecule has 0 unspecified atom stereocenters. The lowest BCUT2D eigenvalue weighted by Gasteiger charge is -2.14. The molecule has 0 aromatic heterocycles. The zero-order chi connectivity index (χ0) is 15.6. The first-order valence-corrected chi connectivity index (χ1v) is 7.02. The number of carbonyl (C=O) groups is 3. The van der Waals surface area contributed by atoms with Gasteiger partial charge in [0.05, 0.1) is 19.8 Å². The minimum absolute atomic E-state index is 0. The molecule has 0 fully saturated rings.